The van der Waals surface area contributed by atoms with Gasteiger partial charge in [-0.3, -0.25) is 9.78 Å². The molecule has 0 unspecified atom stereocenters. The first-order valence-electron chi connectivity index (χ1n) is 6.67. The number of imide groups is 1. The molecule has 0 saturated carbocycles. The molecule has 3 rings (SSSR count). The summed E-state index contributed by atoms with van der Waals surface area (Å²) in [6.07, 6.45) is 4.19. The van der Waals surface area contributed by atoms with Gasteiger partial charge in [-0.25, -0.2) is 15.3 Å². The summed E-state index contributed by atoms with van der Waals surface area (Å²) in [5, 5.41) is 5.57. The van der Waals surface area contributed by atoms with Gasteiger partial charge in [0.25, 0.3) is 5.91 Å². The van der Waals surface area contributed by atoms with Gasteiger partial charge in [-0.05, 0) is 30.3 Å². The molecule has 2 N–H and O–H groups in total. The molecule has 0 aliphatic carbocycles. The number of pyridine rings is 1. The Morgan fingerprint density at radius 2 is 2.13 bits per heavy atom. The van der Waals surface area contributed by atoms with E-state index in [1.54, 1.807) is 47.5 Å². The largest absolute Gasteiger partial charge is 0.451 e. The second kappa shape index (κ2) is 5.85. The first-order chi connectivity index (χ1) is 11.1. The second-order valence-electron chi connectivity index (χ2n) is 4.70. The Hall–Kier alpha value is -3.26. The summed E-state index contributed by atoms with van der Waals surface area (Å²) >= 11 is 0. The standard InChI is InChI=1S/C15H13N5O3/c1-23-15(22)20(16)14(21)10-4-5-13-11(7-10)9-19(18-13)12-3-2-6-17-8-12/h2-9H,16H2,1H3. The second-order valence-corrected chi connectivity index (χ2v) is 4.70. The molecule has 2 aromatic heterocycles. The molecule has 3 aromatic rings. The number of carbonyl (C=O) groups is 2. The van der Waals surface area contributed by atoms with Crippen molar-refractivity contribution in [1.82, 2.24) is 19.8 Å². The van der Waals surface area contributed by atoms with Gasteiger partial charge in [0.15, 0.2) is 0 Å². The van der Waals surface area contributed by atoms with Gasteiger partial charge >= 0.3 is 6.09 Å². The van der Waals surface area contributed by atoms with Gasteiger partial charge in [0.1, 0.15) is 0 Å². The number of hydrogen-bond donors (Lipinski definition) is 1. The molecule has 0 spiro atoms. The van der Waals surface area contributed by atoms with Crippen molar-refractivity contribution in [2.75, 3.05) is 7.11 Å². The number of hydrazine groups is 1. The minimum atomic E-state index is -0.929. The van der Waals surface area contributed by atoms with Gasteiger partial charge in [-0.15, -0.1) is 0 Å². The van der Waals surface area contributed by atoms with Gasteiger partial charge in [0, 0.05) is 23.3 Å². The number of amides is 2. The quantitative estimate of drug-likeness (QED) is 0.437. The number of nitrogens with two attached hydrogens (primary N) is 1. The summed E-state index contributed by atoms with van der Waals surface area (Å²) in [4.78, 5) is 27.5. The number of benzene rings is 1. The number of hydrogen-bond acceptors (Lipinski definition) is 6. The molecule has 0 fully saturated rings. The van der Waals surface area contributed by atoms with E-state index in [2.05, 4.69) is 14.8 Å². The fourth-order valence-electron chi connectivity index (χ4n) is 2.10. The summed E-state index contributed by atoms with van der Waals surface area (Å²) < 4.78 is 6.08. The van der Waals surface area contributed by atoms with Crippen molar-refractivity contribution in [1.29, 1.82) is 0 Å². The highest BCUT2D eigenvalue weighted by atomic mass is 16.5. The number of carbonyl (C=O) groups excluding carboxylic acids is 2. The number of rotatable bonds is 2. The van der Waals surface area contributed by atoms with Crippen molar-refractivity contribution in [2.45, 2.75) is 0 Å². The zero-order chi connectivity index (χ0) is 16.4. The van der Waals surface area contributed by atoms with Crippen LogP contribution < -0.4 is 5.84 Å². The fourth-order valence-corrected chi connectivity index (χ4v) is 2.10. The summed E-state index contributed by atoms with van der Waals surface area (Å²) in [6.45, 7) is 0. The lowest BCUT2D eigenvalue weighted by atomic mass is 10.1. The van der Waals surface area contributed by atoms with Crippen molar-refractivity contribution < 1.29 is 14.3 Å². The zero-order valence-electron chi connectivity index (χ0n) is 12.2. The van der Waals surface area contributed by atoms with E-state index in [1.807, 2.05) is 6.07 Å². The lowest BCUT2D eigenvalue weighted by Gasteiger charge is -2.12. The van der Waals surface area contributed by atoms with Crippen molar-refractivity contribution in [3.05, 3.63) is 54.5 Å². The molecule has 0 bridgehead atoms. The number of nitrogens with zero attached hydrogens (tertiary/aromatic N) is 4. The van der Waals surface area contributed by atoms with E-state index in [0.717, 1.165) is 18.2 Å². The van der Waals surface area contributed by atoms with E-state index >= 15 is 0 Å². The van der Waals surface area contributed by atoms with E-state index in [9.17, 15) is 9.59 Å². The molecule has 2 heterocycles. The summed E-state index contributed by atoms with van der Waals surface area (Å²) in [5.74, 6) is 4.76. The maximum absolute atomic E-state index is 12.1. The maximum atomic E-state index is 12.1. The van der Waals surface area contributed by atoms with Crippen LogP contribution in [-0.4, -0.2) is 38.9 Å². The minimum absolute atomic E-state index is 0.260. The highest BCUT2D eigenvalue weighted by Gasteiger charge is 2.20. The molecule has 8 nitrogen and oxygen atoms in total. The van der Waals surface area contributed by atoms with Gasteiger partial charge in [-0.1, -0.05) is 0 Å². The third-order valence-corrected chi connectivity index (χ3v) is 3.25. The van der Waals surface area contributed by atoms with Crippen LogP contribution in [0.15, 0.2) is 48.9 Å². The third kappa shape index (κ3) is 2.74. The maximum Gasteiger partial charge on any atom is 0.431 e. The Kier molecular flexibility index (Phi) is 3.73. The van der Waals surface area contributed by atoms with E-state index in [1.165, 1.54) is 0 Å². The molecule has 0 aliphatic rings. The highest BCUT2D eigenvalue weighted by molar-refractivity contribution is 6.04. The van der Waals surface area contributed by atoms with Gasteiger partial charge in [0.2, 0.25) is 0 Å². The van der Waals surface area contributed by atoms with Gasteiger partial charge in [-0.2, -0.15) is 10.1 Å². The van der Waals surface area contributed by atoms with Crippen LogP contribution in [0, 0.1) is 0 Å². The first kappa shape index (κ1) is 14.7. The molecule has 0 atom stereocenters. The molecular weight excluding hydrogens is 298 g/mol. The van der Waals surface area contributed by atoms with Crippen LogP contribution in [0.1, 0.15) is 10.4 Å². The Labute approximate surface area is 131 Å². The SMILES string of the molecule is COC(=O)N(N)C(=O)c1ccc2nn(-c3cccnc3)cc2c1. The molecule has 0 aliphatic heterocycles. The number of ether oxygens (including phenoxy) is 1. The summed E-state index contributed by atoms with van der Waals surface area (Å²) in [6, 6.07) is 8.51. The normalized spacial score (nSPS) is 10.5. The number of aromatic nitrogens is 3. The lowest BCUT2D eigenvalue weighted by Crippen LogP contribution is -2.42. The lowest BCUT2D eigenvalue weighted by molar-refractivity contribution is 0.0707. The fraction of sp³-hybridized carbons (Fsp3) is 0.0667. The Balaban J connectivity index is 1.96. The van der Waals surface area contributed by atoms with Crippen LogP contribution in [0.25, 0.3) is 16.6 Å². The molecule has 2 amide bonds. The summed E-state index contributed by atoms with van der Waals surface area (Å²) in [7, 11) is 1.15. The van der Waals surface area contributed by atoms with Crippen LogP contribution in [0.4, 0.5) is 4.79 Å². The van der Waals surface area contributed by atoms with Gasteiger partial charge in [0.05, 0.1) is 24.5 Å². The van der Waals surface area contributed by atoms with Crippen LogP contribution in [0.2, 0.25) is 0 Å². The number of methoxy groups -OCH3 is 1. The highest BCUT2D eigenvalue weighted by Crippen LogP contribution is 2.18. The predicted molar refractivity (Wildman–Crippen MR) is 81.6 cm³/mol. The first-order valence-corrected chi connectivity index (χ1v) is 6.67. The van der Waals surface area contributed by atoms with Crippen molar-refractivity contribution in [3.63, 3.8) is 0 Å². The van der Waals surface area contributed by atoms with Crippen LogP contribution in [0.3, 0.4) is 0 Å². The average Bonchev–Trinajstić information content (AvgIpc) is 3.03. The monoisotopic (exact) mass is 311 g/mol. The molecule has 23 heavy (non-hydrogen) atoms. The molecule has 0 radical (unpaired) electrons. The van der Waals surface area contributed by atoms with E-state index in [4.69, 9.17) is 5.84 Å². The van der Waals surface area contributed by atoms with E-state index < -0.39 is 12.0 Å². The third-order valence-electron chi connectivity index (χ3n) is 3.25. The topological polar surface area (TPSA) is 103 Å². The van der Waals surface area contributed by atoms with Gasteiger partial charge < -0.3 is 4.74 Å². The van der Waals surface area contributed by atoms with Crippen molar-refractivity contribution in [3.8, 4) is 5.69 Å². The summed E-state index contributed by atoms with van der Waals surface area (Å²) in [5.41, 5.74) is 1.76. The minimum Gasteiger partial charge on any atom is -0.451 e. The Morgan fingerprint density at radius 1 is 1.30 bits per heavy atom. The average molecular weight is 311 g/mol. The van der Waals surface area contributed by atoms with E-state index in [-0.39, 0.29) is 5.56 Å². The molecule has 0 saturated heterocycles. The van der Waals surface area contributed by atoms with Crippen LogP contribution in [0.5, 0.6) is 0 Å². The van der Waals surface area contributed by atoms with Crippen LogP contribution in [-0.2, 0) is 4.74 Å². The molecular formula is C15H13N5O3. The number of fused-ring (bicyclic) bond motifs is 1. The molecule has 116 valence electrons. The Morgan fingerprint density at radius 3 is 2.83 bits per heavy atom. The smallest absolute Gasteiger partial charge is 0.431 e. The van der Waals surface area contributed by atoms with Crippen molar-refractivity contribution >= 4 is 22.9 Å². The van der Waals surface area contributed by atoms with Crippen molar-refractivity contribution in [2.24, 2.45) is 5.84 Å². The predicted octanol–water partition coefficient (Wildman–Crippen LogP) is 1.50. The zero-order valence-corrected chi connectivity index (χ0v) is 12.2. The van der Waals surface area contributed by atoms with Crippen LogP contribution >= 0.6 is 0 Å². The molecule has 1 aromatic carbocycles. The van der Waals surface area contributed by atoms with E-state index in [0.29, 0.717) is 10.5 Å². The Bertz CT molecular complexity index is 875. The molecule has 8 heteroatoms.